The van der Waals surface area contributed by atoms with E-state index in [4.69, 9.17) is 21.0 Å². The van der Waals surface area contributed by atoms with Gasteiger partial charge in [0.1, 0.15) is 24.1 Å². The topological polar surface area (TPSA) is 236 Å². The lowest BCUT2D eigenvalue weighted by Crippen LogP contribution is -2.69. The third-order valence-electron chi connectivity index (χ3n) is 9.03. The Morgan fingerprint density at radius 2 is 1.82 bits per heavy atom. The van der Waals surface area contributed by atoms with Crippen LogP contribution in [0.1, 0.15) is 45.4 Å². The van der Waals surface area contributed by atoms with Gasteiger partial charge in [-0.05, 0) is 37.6 Å². The first-order chi connectivity index (χ1) is 24.5. The maximum absolute atomic E-state index is 13.6. The summed E-state index contributed by atoms with van der Waals surface area (Å²) in [7, 11) is 0. The van der Waals surface area contributed by atoms with E-state index in [2.05, 4.69) is 25.7 Å². The molecule has 0 radical (unpaired) electrons. The number of aliphatic hydroxyl groups excluding tert-OH is 2. The van der Waals surface area contributed by atoms with Gasteiger partial charge >= 0.3 is 0 Å². The summed E-state index contributed by atoms with van der Waals surface area (Å²) in [6, 6.07) is 15.4. The molecule has 1 fully saturated rings. The molecule has 51 heavy (non-hydrogen) atoms. The summed E-state index contributed by atoms with van der Waals surface area (Å²) in [4.78, 5) is 60.7. The fourth-order valence-corrected chi connectivity index (χ4v) is 6.61. The number of hydrogen-bond acceptors (Lipinski definition) is 13. The van der Waals surface area contributed by atoms with Crippen molar-refractivity contribution in [1.29, 1.82) is 0 Å². The molecule has 2 aromatic carbocycles. The molecule has 2 aromatic heterocycles. The predicted octanol–water partition coefficient (Wildman–Crippen LogP) is 0.802. The number of benzene rings is 2. The molecule has 272 valence electrons. The highest BCUT2D eigenvalue weighted by molar-refractivity contribution is 5.91. The monoisotopic (exact) mass is 704 g/mol. The van der Waals surface area contributed by atoms with E-state index in [1.54, 1.807) is 68.4 Å². The molecule has 1 aliphatic heterocycles. The molecule has 1 saturated heterocycles. The van der Waals surface area contributed by atoms with Crippen molar-refractivity contribution in [3.05, 3.63) is 72.8 Å². The number of hydrogen-bond donors (Lipinski definition) is 6. The second-order valence-corrected chi connectivity index (χ2v) is 12.0. The number of hydroxylamine groups is 1. The molecule has 4 aromatic rings. The van der Waals surface area contributed by atoms with E-state index in [-0.39, 0.29) is 61.9 Å². The quantitative estimate of drug-likeness (QED) is 0.0410. The number of nitrogens with one attached hydrogen (secondary N) is 2. The molecule has 0 aliphatic carbocycles. The van der Waals surface area contributed by atoms with Crippen LogP contribution in [0.4, 0.5) is 17.2 Å². The van der Waals surface area contributed by atoms with E-state index in [0.29, 0.717) is 23.3 Å². The second kappa shape index (κ2) is 15.8. The van der Waals surface area contributed by atoms with Crippen LogP contribution in [0.25, 0.3) is 11.2 Å². The number of ether oxygens (including phenoxy) is 1. The molecule has 17 nitrogen and oxygen atoms in total. The fourth-order valence-electron chi connectivity index (χ4n) is 6.61. The standard InChI is InChI=1S/C34H44N10O7/c1-4-41-51-34(42(5-2)21-45,23-9-7-6-8-10-23)33(16-15-26(47)37-17-18-43(22(3)46)25-13-11-24(35)12-14-25)29(49)28(48)32(50-33)44-20-40-27-30(36)38-19-39-31(27)44/h6-14,19-21,28-29,32,41,48-49H,4-5,15-18,35H2,1-3H3,(H,37,47)(H2,36,38,39)/t28-,29+,32-,33+,34?/m1/s1. The molecule has 5 atom stereocenters. The minimum absolute atomic E-state index is 0.0817. The minimum Gasteiger partial charge on any atom is -0.399 e. The number of nitrogens with two attached hydrogens (primary N) is 2. The number of nitrogen functional groups attached to an aromatic ring is 2. The summed E-state index contributed by atoms with van der Waals surface area (Å²) in [5.74, 6) is -0.574. The molecule has 3 amide bonds. The normalized spacial score (nSPS) is 21.2. The number of carbonyl (C=O) groups is 3. The predicted molar refractivity (Wildman–Crippen MR) is 187 cm³/mol. The lowest BCUT2D eigenvalue weighted by Gasteiger charge is -2.52. The van der Waals surface area contributed by atoms with Crippen LogP contribution >= 0.6 is 0 Å². The van der Waals surface area contributed by atoms with Crippen LogP contribution in [-0.4, -0.2) is 96.8 Å². The summed E-state index contributed by atoms with van der Waals surface area (Å²) in [5, 5.41) is 26.8. The van der Waals surface area contributed by atoms with E-state index < -0.39 is 35.7 Å². The van der Waals surface area contributed by atoms with E-state index >= 15 is 0 Å². The largest absolute Gasteiger partial charge is 0.399 e. The number of anilines is 3. The van der Waals surface area contributed by atoms with Gasteiger partial charge in [-0.25, -0.2) is 15.0 Å². The van der Waals surface area contributed by atoms with Crippen molar-refractivity contribution >= 4 is 46.6 Å². The Morgan fingerprint density at radius 1 is 1.10 bits per heavy atom. The van der Waals surface area contributed by atoms with Gasteiger partial charge in [0, 0.05) is 56.5 Å². The maximum Gasteiger partial charge on any atom is 0.223 e. The molecule has 0 spiro atoms. The summed E-state index contributed by atoms with van der Waals surface area (Å²) >= 11 is 0. The number of likely N-dealkylation sites (N-methyl/N-ethyl adjacent to an activating group) is 1. The van der Waals surface area contributed by atoms with Crippen LogP contribution in [0.15, 0.2) is 67.3 Å². The van der Waals surface area contributed by atoms with E-state index in [1.807, 2.05) is 0 Å². The Balaban J connectivity index is 1.53. The Morgan fingerprint density at radius 3 is 2.47 bits per heavy atom. The Labute approximate surface area is 294 Å². The van der Waals surface area contributed by atoms with Gasteiger partial charge in [0.05, 0.1) is 6.33 Å². The molecule has 1 aliphatic rings. The van der Waals surface area contributed by atoms with Gasteiger partial charge in [-0.1, -0.05) is 37.3 Å². The van der Waals surface area contributed by atoms with E-state index in [9.17, 15) is 24.6 Å². The smallest absolute Gasteiger partial charge is 0.223 e. The van der Waals surface area contributed by atoms with Gasteiger partial charge < -0.3 is 41.5 Å². The number of aliphatic hydroxyl groups is 2. The van der Waals surface area contributed by atoms with E-state index in [0.717, 1.165) is 0 Å². The van der Waals surface area contributed by atoms with Gasteiger partial charge in [0.25, 0.3) is 0 Å². The van der Waals surface area contributed by atoms with Gasteiger partial charge in [0.2, 0.25) is 23.9 Å². The van der Waals surface area contributed by atoms with Crippen LogP contribution in [0.5, 0.6) is 0 Å². The Kier molecular flexibility index (Phi) is 11.5. The number of rotatable bonds is 16. The van der Waals surface area contributed by atoms with Crippen LogP contribution in [-0.2, 0) is 29.7 Å². The molecule has 17 heteroatoms. The zero-order valence-corrected chi connectivity index (χ0v) is 28.7. The summed E-state index contributed by atoms with van der Waals surface area (Å²) in [6.45, 7) is 5.56. The second-order valence-electron chi connectivity index (χ2n) is 12.0. The van der Waals surface area contributed by atoms with Crippen LogP contribution in [0, 0.1) is 0 Å². The van der Waals surface area contributed by atoms with Crippen LogP contribution < -0.4 is 27.2 Å². The van der Waals surface area contributed by atoms with Crippen molar-refractivity contribution in [3.8, 4) is 0 Å². The van der Waals surface area contributed by atoms with Crippen molar-refractivity contribution < 1.29 is 34.2 Å². The highest BCUT2D eigenvalue weighted by atomic mass is 16.7. The van der Waals surface area contributed by atoms with Gasteiger partial charge in [0.15, 0.2) is 23.3 Å². The molecular weight excluding hydrogens is 660 g/mol. The number of imidazole rings is 1. The number of aromatic nitrogens is 4. The highest BCUT2D eigenvalue weighted by Gasteiger charge is 2.69. The lowest BCUT2D eigenvalue weighted by molar-refractivity contribution is -0.314. The molecular formula is C34H44N10O7. The zero-order valence-electron chi connectivity index (χ0n) is 28.7. The zero-order chi connectivity index (χ0) is 36.8. The van der Waals surface area contributed by atoms with Gasteiger partial charge in [-0.2, -0.15) is 5.48 Å². The summed E-state index contributed by atoms with van der Waals surface area (Å²) in [6.07, 6.45) is -2.06. The number of nitrogens with zero attached hydrogens (tertiary/aromatic N) is 6. The fraction of sp³-hybridized carbons (Fsp3) is 0.412. The Bertz CT molecular complexity index is 1810. The van der Waals surface area contributed by atoms with Gasteiger partial charge in [-0.15, -0.1) is 0 Å². The summed E-state index contributed by atoms with van der Waals surface area (Å²) in [5.41, 5.74) is 12.8. The third kappa shape index (κ3) is 6.93. The molecule has 0 saturated carbocycles. The average Bonchev–Trinajstić information content (AvgIpc) is 3.68. The first-order valence-electron chi connectivity index (χ1n) is 16.6. The molecule has 8 N–H and O–H groups in total. The molecule has 0 bridgehead atoms. The lowest BCUT2D eigenvalue weighted by atomic mass is 9.75. The third-order valence-corrected chi connectivity index (χ3v) is 9.03. The van der Waals surface area contributed by atoms with Crippen LogP contribution in [0.3, 0.4) is 0 Å². The van der Waals surface area contributed by atoms with Crippen molar-refractivity contribution in [1.82, 2.24) is 35.2 Å². The minimum atomic E-state index is -2.00. The average molecular weight is 705 g/mol. The number of amides is 3. The maximum atomic E-state index is 13.6. The van der Waals surface area contributed by atoms with Crippen molar-refractivity contribution in [3.63, 3.8) is 0 Å². The number of carbonyl (C=O) groups excluding carboxylic acids is 3. The van der Waals surface area contributed by atoms with E-state index in [1.165, 1.54) is 33.9 Å². The molecule has 1 unspecified atom stereocenters. The van der Waals surface area contributed by atoms with Gasteiger partial charge in [-0.3, -0.25) is 23.8 Å². The number of fused-ring (bicyclic) bond motifs is 1. The Hall–Kier alpha value is -5.20. The first kappa shape index (κ1) is 37.1. The highest BCUT2D eigenvalue weighted by Crippen LogP contribution is 2.53. The molecule has 5 rings (SSSR count). The summed E-state index contributed by atoms with van der Waals surface area (Å²) < 4.78 is 8.19. The van der Waals surface area contributed by atoms with Crippen molar-refractivity contribution in [2.75, 3.05) is 42.5 Å². The molecule has 3 heterocycles. The van der Waals surface area contributed by atoms with Crippen molar-refractivity contribution in [2.24, 2.45) is 0 Å². The SMILES string of the molecule is CCNOC(c1ccccc1)(N(C=O)CC)[C@@]1(CCC(=O)NCCN(C(C)=O)c2ccc(N)cc2)O[C@@H](n2cnc3c(N)ncnc32)[C@H](O)[C@@H]1O. The first-order valence-corrected chi connectivity index (χ1v) is 16.6. The van der Waals surface area contributed by atoms with Crippen LogP contribution in [0.2, 0.25) is 0 Å². The van der Waals surface area contributed by atoms with Crippen molar-refractivity contribution in [2.45, 2.75) is 63.4 Å².